The second-order valence-electron chi connectivity index (χ2n) is 5.58. The van der Waals surface area contributed by atoms with Crippen molar-refractivity contribution in [3.8, 4) is 0 Å². The molecular weight excluding hydrogens is 282 g/mol. The Labute approximate surface area is 130 Å². The molecular formula is C15H23N5O2. The zero-order valence-corrected chi connectivity index (χ0v) is 13.5. The lowest BCUT2D eigenvalue weighted by molar-refractivity contribution is -0.118. The van der Waals surface area contributed by atoms with Gasteiger partial charge in [0.25, 0.3) is 0 Å². The molecule has 7 heteroatoms. The summed E-state index contributed by atoms with van der Waals surface area (Å²) in [6.07, 6.45) is 4.49. The minimum atomic E-state index is -0.288. The van der Waals surface area contributed by atoms with Crippen molar-refractivity contribution in [2.45, 2.75) is 52.7 Å². The lowest BCUT2D eigenvalue weighted by Gasteiger charge is -2.21. The van der Waals surface area contributed by atoms with Crippen molar-refractivity contribution in [2.75, 3.05) is 5.32 Å². The lowest BCUT2D eigenvalue weighted by atomic mass is 10.1. The quantitative estimate of drug-likeness (QED) is 0.816. The van der Waals surface area contributed by atoms with E-state index in [1.807, 2.05) is 37.8 Å². The van der Waals surface area contributed by atoms with Crippen molar-refractivity contribution in [1.82, 2.24) is 20.3 Å². The molecule has 2 heterocycles. The Balaban J connectivity index is 1.88. The molecule has 0 saturated heterocycles. The Bertz CT molecular complexity index is 619. The van der Waals surface area contributed by atoms with Crippen molar-refractivity contribution in [2.24, 2.45) is 0 Å². The van der Waals surface area contributed by atoms with Gasteiger partial charge in [0, 0.05) is 18.3 Å². The fraction of sp³-hybridized carbons (Fsp3) is 0.533. The first-order valence-electron chi connectivity index (χ1n) is 7.47. The molecule has 22 heavy (non-hydrogen) atoms. The van der Waals surface area contributed by atoms with Crippen molar-refractivity contribution < 1.29 is 9.32 Å². The predicted octanol–water partition coefficient (Wildman–Crippen LogP) is 1.88. The summed E-state index contributed by atoms with van der Waals surface area (Å²) in [5, 5.41) is 14.1. The summed E-state index contributed by atoms with van der Waals surface area (Å²) in [5.41, 5.74) is 1.12. The molecule has 0 fully saturated rings. The molecule has 2 N–H and O–H groups in total. The van der Waals surface area contributed by atoms with Crippen LogP contribution in [0.2, 0.25) is 0 Å². The molecule has 1 amide bonds. The van der Waals surface area contributed by atoms with Crippen molar-refractivity contribution >= 4 is 11.7 Å². The summed E-state index contributed by atoms with van der Waals surface area (Å²) in [5.74, 6) is 0.996. The van der Waals surface area contributed by atoms with Gasteiger partial charge in [-0.3, -0.25) is 9.48 Å². The summed E-state index contributed by atoms with van der Waals surface area (Å²) >= 11 is 0. The number of carbonyl (C=O) groups is 1. The molecule has 0 aromatic carbocycles. The van der Waals surface area contributed by atoms with Gasteiger partial charge in [-0.05, 0) is 32.8 Å². The van der Waals surface area contributed by atoms with Crippen LogP contribution in [0.1, 0.15) is 31.6 Å². The zero-order valence-electron chi connectivity index (χ0n) is 13.5. The van der Waals surface area contributed by atoms with E-state index < -0.39 is 0 Å². The summed E-state index contributed by atoms with van der Waals surface area (Å²) in [7, 11) is 0. The maximum Gasteiger partial charge on any atom is 0.242 e. The highest BCUT2D eigenvalue weighted by Crippen LogP contribution is 2.08. The highest BCUT2D eigenvalue weighted by molar-refractivity contribution is 5.93. The van der Waals surface area contributed by atoms with Crippen LogP contribution >= 0.6 is 0 Å². The fourth-order valence-corrected chi connectivity index (χ4v) is 2.26. The molecule has 0 aliphatic carbocycles. The lowest BCUT2D eigenvalue weighted by Crippen LogP contribution is -2.46. The maximum absolute atomic E-state index is 12.3. The van der Waals surface area contributed by atoms with Crippen molar-refractivity contribution in [1.29, 1.82) is 0 Å². The molecule has 0 aliphatic heterocycles. The number of anilines is 1. The van der Waals surface area contributed by atoms with Crippen LogP contribution < -0.4 is 10.6 Å². The van der Waals surface area contributed by atoms with E-state index in [2.05, 4.69) is 20.9 Å². The third-order valence-corrected chi connectivity index (χ3v) is 3.31. The average molecular weight is 305 g/mol. The third kappa shape index (κ3) is 4.42. The van der Waals surface area contributed by atoms with E-state index in [4.69, 9.17) is 4.52 Å². The fourth-order valence-electron chi connectivity index (χ4n) is 2.26. The number of aromatic nitrogens is 3. The Morgan fingerprint density at radius 2 is 2.23 bits per heavy atom. The second kappa shape index (κ2) is 7.22. The normalized spacial score (nSPS) is 13.8. The Kier molecular flexibility index (Phi) is 5.32. The number of amides is 1. The van der Waals surface area contributed by atoms with E-state index in [0.29, 0.717) is 24.5 Å². The molecule has 0 saturated carbocycles. The van der Waals surface area contributed by atoms with E-state index in [-0.39, 0.29) is 18.0 Å². The van der Waals surface area contributed by atoms with Gasteiger partial charge >= 0.3 is 0 Å². The second-order valence-corrected chi connectivity index (χ2v) is 5.58. The largest absolute Gasteiger partial charge is 0.360 e. The number of hydrogen-bond donors (Lipinski definition) is 2. The number of carbonyl (C=O) groups excluding carboxylic acids is 1. The smallest absolute Gasteiger partial charge is 0.242 e. The summed E-state index contributed by atoms with van der Waals surface area (Å²) in [6, 6.07) is 1.53. The standard InChI is InChI=1S/C15H23N5O2/c1-5-13(15(21)18-14-6-12(4)22-19-14)17-11(3)9-20-8-10(2)7-16-20/h6-8,11,13,17H,5,9H2,1-4H3,(H,18,19,21)/t11-,13+/m0/s1. The number of nitrogens with one attached hydrogen (secondary N) is 2. The molecule has 2 rings (SSSR count). The molecule has 0 unspecified atom stereocenters. The monoisotopic (exact) mass is 305 g/mol. The predicted molar refractivity (Wildman–Crippen MR) is 83.5 cm³/mol. The van der Waals surface area contributed by atoms with Crippen LogP contribution in [0.15, 0.2) is 23.0 Å². The van der Waals surface area contributed by atoms with Gasteiger partial charge in [0.2, 0.25) is 5.91 Å². The van der Waals surface area contributed by atoms with Gasteiger partial charge < -0.3 is 15.2 Å². The van der Waals surface area contributed by atoms with Gasteiger partial charge in [-0.1, -0.05) is 12.1 Å². The van der Waals surface area contributed by atoms with Gasteiger partial charge in [0.05, 0.1) is 18.8 Å². The maximum atomic E-state index is 12.3. The molecule has 0 aliphatic rings. The first-order valence-corrected chi connectivity index (χ1v) is 7.47. The molecule has 0 spiro atoms. The van der Waals surface area contributed by atoms with Crippen LogP contribution in [-0.2, 0) is 11.3 Å². The van der Waals surface area contributed by atoms with E-state index in [1.165, 1.54) is 0 Å². The van der Waals surface area contributed by atoms with Gasteiger partial charge in [-0.25, -0.2) is 0 Å². The number of aryl methyl sites for hydroxylation is 2. The average Bonchev–Trinajstić information content (AvgIpc) is 3.04. The number of nitrogens with zero attached hydrogens (tertiary/aromatic N) is 3. The van der Waals surface area contributed by atoms with Crippen LogP contribution in [0.5, 0.6) is 0 Å². The molecule has 7 nitrogen and oxygen atoms in total. The minimum Gasteiger partial charge on any atom is -0.360 e. The minimum absolute atomic E-state index is 0.112. The molecule has 0 radical (unpaired) electrons. The van der Waals surface area contributed by atoms with Crippen LogP contribution in [0.25, 0.3) is 0 Å². The van der Waals surface area contributed by atoms with Crippen molar-refractivity contribution in [3.63, 3.8) is 0 Å². The highest BCUT2D eigenvalue weighted by Gasteiger charge is 2.20. The first-order chi connectivity index (χ1) is 10.5. The summed E-state index contributed by atoms with van der Waals surface area (Å²) in [4.78, 5) is 12.3. The van der Waals surface area contributed by atoms with Crippen LogP contribution in [0, 0.1) is 13.8 Å². The Hall–Kier alpha value is -2.15. The third-order valence-electron chi connectivity index (χ3n) is 3.31. The molecule has 2 aromatic rings. The topological polar surface area (TPSA) is 85.0 Å². The number of hydrogen-bond acceptors (Lipinski definition) is 5. The van der Waals surface area contributed by atoms with Gasteiger partial charge in [-0.15, -0.1) is 0 Å². The molecule has 2 atom stereocenters. The zero-order chi connectivity index (χ0) is 16.1. The van der Waals surface area contributed by atoms with Crippen molar-refractivity contribution in [3.05, 3.63) is 29.8 Å². The summed E-state index contributed by atoms with van der Waals surface area (Å²) < 4.78 is 6.82. The number of rotatable bonds is 7. The van der Waals surface area contributed by atoms with Gasteiger partial charge in [-0.2, -0.15) is 5.10 Å². The van der Waals surface area contributed by atoms with E-state index in [0.717, 1.165) is 5.56 Å². The van der Waals surface area contributed by atoms with E-state index in [1.54, 1.807) is 13.0 Å². The van der Waals surface area contributed by atoms with Crippen LogP contribution in [0.3, 0.4) is 0 Å². The Morgan fingerprint density at radius 3 is 2.77 bits per heavy atom. The summed E-state index contributed by atoms with van der Waals surface area (Å²) in [6.45, 7) is 8.50. The molecule has 0 bridgehead atoms. The Morgan fingerprint density at radius 1 is 1.45 bits per heavy atom. The van der Waals surface area contributed by atoms with Crippen LogP contribution in [0.4, 0.5) is 5.82 Å². The van der Waals surface area contributed by atoms with E-state index >= 15 is 0 Å². The van der Waals surface area contributed by atoms with Gasteiger partial charge in [0.15, 0.2) is 5.82 Å². The first kappa shape index (κ1) is 16.2. The SMILES string of the molecule is CC[C@@H](N[C@@H](C)Cn1cc(C)cn1)C(=O)Nc1cc(C)on1. The van der Waals surface area contributed by atoms with E-state index in [9.17, 15) is 4.79 Å². The molecule has 2 aromatic heterocycles. The highest BCUT2D eigenvalue weighted by atomic mass is 16.5. The van der Waals surface area contributed by atoms with Gasteiger partial charge in [0.1, 0.15) is 5.76 Å². The van der Waals surface area contributed by atoms with Crippen LogP contribution in [-0.4, -0.2) is 32.9 Å². The molecule has 120 valence electrons.